The predicted molar refractivity (Wildman–Crippen MR) is 100 cm³/mol. The van der Waals surface area contributed by atoms with Crippen LogP contribution in [-0.4, -0.2) is 11.0 Å². The first-order valence-corrected chi connectivity index (χ1v) is 7.97. The summed E-state index contributed by atoms with van der Waals surface area (Å²) in [5, 5.41) is 6.05. The molecule has 2 aromatic carbocycles. The van der Waals surface area contributed by atoms with E-state index in [-0.39, 0.29) is 11.3 Å². The Hall–Kier alpha value is -2.20. The van der Waals surface area contributed by atoms with Crippen molar-refractivity contribution in [3.05, 3.63) is 65.2 Å². The van der Waals surface area contributed by atoms with E-state index in [9.17, 15) is 4.79 Å². The van der Waals surface area contributed by atoms with E-state index >= 15 is 0 Å². The Bertz CT molecular complexity index is 715. The maximum absolute atomic E-state index is 12.2. The lowest BCUT2D eigenvalue weighted by Crippen LogP contribution is -2.34. The zero-order chi connectivity index (χ0) is 17.0. The molecule has 2 rings (SSSR count). The molecule has 0 aromatic heterocycles. The van der Waals surface area contributed by atoms with Gasteiger partial charge in [0, 0.05) is 11.3 Å². The topological polar surface area (TPSA) is 41.1 Å². The van der Waals surface area contributed by atoms with E-state index in [4.69, 9.17) is 12.2 Å². The maximum atomic E-state index is 12.2. The third-order valence-corrected chi connectivity index (χ3v) is 3.83. The smallest absolute Gasteiger partial charge is 0.257 e. The van der Waals surface area contributed by atoms with E-state index in [0.717, 1.165) is 11.3 Å². The lowest BCUT2D eigenvalue weighted by atomic mass is 9.87. The van der Waals surface area contributed by atoms with Gasteiger partial charge in [-0.15, -0.1) is 0 Å². The van der Waals surface area contributed by atoms with E-state index in [1.165, 1.54) is 5.56 Å². The number of thiocarbonyl (C=S) groups is 1. The van der Waals surface area contributed by atoms with Gasteiger partial charge >= 0.3 is 0 Å². The minimum absolute atomic E-state index is 0.109. The van der Waals surface area contributed by atoms with Crippen LogP contribution in [0.25, 0.3) is 0 Å². The van der Waals surface area contributed by atoms with E-state index in [1.807, 2.05) is 37.3 Å². The molecule has 0 spiro atoms. The Balaban J connectivity index is 2.00. The number of nitrogens with one attached hydrogen (secondary N) is 2. The molecule has 0 saturated heterocycles. The molecule has 120 valence electrons. The molecule has 0 aliphatic carbocycles. The Morgan fingerprint density at radius 3 is 2.17 bits per heavy atom. The van der Waals surface area contributed by atoms with Gasteiger partial charge in [-0.25, -0.2) is 0 Å². The summed E-state index contributed by atoms with van der Waals surface area (Å²) >= 11 is 5.22. The van der Waals surface area contributed by atoms with Crippen molar-refractivity contribution in [2.24, 2.45) is 0 Å². The summed E-state index contributed by atoms with van der Waals surface area (Å²) in [6.07, 6.45) is 0. The van der Waals surface area contributed by atoms with Crippen molar-refractivity contribution in [1.29, 1.82) is 0 Å². The number of hydrogen-bond acceptors (Lipinski definition) is 2. The molecule has 0 unspecified atom stereocenters. The lowest BCUT2D eigenvalue weighted by molar-refractivity contribution is 0.0977. The molecule has 0 atom stereocenters. The average Bonchev–Trinajstić information content (AvgIpc) is 2.47. The average molecular weight is 326 g/mol. The highest BCUT2D eigenvalue weighted by atomic mass is 32.1. The van der Waals surface area contributed by atoms with Crippen LogP contribution in [0.1, 0.15) is 42.3 Å². The van der Waals surface area contributed by atoms with Gasteiger partial charge in [-0.05, 0) is 53.9 Å². The molecule has 0 fully saturated rings. The number of amides is 1. The fourth-order valence-electron chi connectivity index (χ4n) is 2.21. The third kappa shape index (κ3) is 4.63. The fraction of sp³-hybridized carbons (Fsp3) is 0.263. The van der Waals surface area contributed by atoms with Gasteiger partial charge in [0.2, 0.25) is 0 Å². The van der Waals surface area contributed by atoms with Gasteiger partial charge in [0.1, 0.15) is 0 Å². The van der Waals surface area contributed by atoms with E-state index < -0.39 is 0 Å². The van der Waals surface area contributed by atoms with Crippen molar-refractivity contribution in [2.45, 2.75) is 33.1 Å². The molecule has 0 heterocycles. The SMILES string of the molecule is Cc1ccccc1C(=O)NC(=S)Nc1ccc(C(C)(C)C)cc1. The maximum Gasteiger partial charge on any atom is 0.257 e. The highest BCUT2D eigenvalue weighted by Gasteiger charge is 2.13. The fourth-order valence-corrected chi connectivity index (χ4v) is 2.42. The molecule has 0 radical (unpaired) electrons. The van der Waals surface area contributed by atoms with Gasteiger partial charge in [0.05, 0.1) is 0 Å². The van der Waals surface area contributed by atoms with Crippen molar-refractivity contribution >= 4 is 28.9 Å². The molecular weight excluding hydrogens is 304 g/mol. The highest BCUT2D eigenvalue weighted by Crippen LogP contribution is 2.23. The van der Waals surface area contributed by atoms with Crippen LogP contribution in [0.2, 0.25) is 0 Å². The molecule has 0 bridgehead atoms. The largest absolute Gasteiger partial charge is 0.332 e. The zero-order valence-corrected chi connectivity index (χ0v) is 14.8. The summed E-state index contributed by atoms with van der Waals surface area (Å²) in [5.74, 6) is -0.202. The molecule has 1 amide bonds. The zero-order valence-electron chi connectivity index (χ0n) is 13.9. The molecule has 0 aliphatic rings. The number of hydrogen-bond donors (Lipinski definition) is 2. The standard InChI is InChI=1S/C19H22N2OS/c1-13-7-5-6-8-16(13)17(22)21-18(23)20-15-11-9-14(10-12-15)19(2,3)4/h5-12H,1-4H3,(H2,20,21,22,23). The highest BCUT2D eigenvalue weighted by molar-refractivity contribution is 7.80. The lowest BCUT2D eigenvalue weighted by Gasteiger charge is -2.19. The Labute approximate surface area is 143 Å². The van der Waals surface area contributed by atoms with E-state index in [1.54, 1.807) is 6.07 Å². The van der Waals surface area contributed by atoms with Crippen LogP contribution in [0.5, 0.6) is 0 Å². The number of rotatable bonds is 2. The van der Waals surface area contributed by atoms with Gasteiger partial charge in [0.15, 0.2) is 5.11 Å². The van der Waals surface area contributed by atoms with Crippen LogP contribution in [0.15, 0.2) is 48.5 Å². The second kappa shape index (κ2) is 6.92. The molecular formula is C19H22N2OS. The number of carbonyl (C=O) groups excluding carboxylic acids is 1. The number of carbonyl (C=O) groups is 1. The van der Waals surface area contributed by atoms with Gasteiger partial charge in [-0.3, -0.25) is 10.1 Å². The molecule has 4 heteroatoms. The number of aryl methyl sites for hydroxylation is 1. The summed E-state index contributed by atoms with van der Waals surface area (Å²) < 4.78 is 0. The van der Waals surface area contributed by atoms with Gasteiger partial charge in [-0.2, -0.15) is 0 Å². The second-order valence-corrected chi connectivity index (χ2v) is 6.96. The number of benzene rings is 2. The minimum atomic E-state index is -0.202. The van der Waals surface area contributed by atoms with Gasteiger partial charge in [-0.1, -0.05) is 51.1 Å². The van der Waals surface area contributed by atoms with Crippen molar-refractivity contribution in [3.63, 3.8) is 0 Å². The first-order valence-electron chi connectivity index (χ1n) is 7.56. The number of anilines is 1. The Kier molecular flexibility index (Phi) is 5.16. The third-order valence-electron chi connectivity index (χ3n) is 3.63. The van der Waals surface area contributed by atoms with Crippen LogP contribution in [0.4, 0.5) is 5.69 Å². The van der Waals surface area contributed by atoms with Crippen LogP contribution in [-0.2, 0) is 5.41 Å². The summed E-state index contributed by atoms with van der Waals surface area (Å²) in [4.78, 5) is 12.2. The quantitative estimate of drug-likeness (QED) is 0.803. The summed E-state index contributed by atoms with van der Waals surface area (Å²) in [5.41, 5.74) is 3.76. The molecule has 2 aromatic rings. The van der Waals surface area contributed by atoms with Crippen molar-refractivity contribution in [3.8, 4) is 0 Å². The molecule has 0 saturated carbocycles. The Morgan fingerprint density at radius 2 is 1.61 bits per heavy atom. The molecule has 3 nitrogen and oxygen atoms in total. The molecule has 2 N–H and O–H groups in total. The summed E-state index contributed by atoms with van der Waals surface area (Å²) in [6, 6.07) is 15.5. The summed E-state index contributed by atoms with van der Waals surface area (Å²) in [6.45, 7) is 8.41. The van der Waals surface area contributed by atoms with E-state index in [0.29, 0.717) is 10.7 Å². The summed E-state index contributed by atoms with van der Waals surface area (Å²) in [7, 11) is 0. The monoisotopic (exact) mass is 326 g/mol. The minimum Gasteiger partial charge on any atom is -0.332 e. The van der Waals surface area contributed by atoms with Gasteiger partial charge in [0.25, 0.3) is 5.91 Å². The predicted octanol–water partition coefficient (Wildman–Crippen LogP) is 4.42. The molecule has 23 heavy (non-hydrogen) atoms. The van der Waals surface area contributed by atoms with E-state index in [2.05, 4.69) is 43.5 Å². The van der Waals surface area contributed by atoms with Crippen LogP contribution >= 0.6 is 12.2 Å². The second-order valence-electron chi connectivity index (χ2n) is 6.55. The van der Waals surface area contributed by atoms with Crippen molar-refractivity contribution < 1.29 is 4.79 Å². The van der Waals surface area contributed by atoms with Gasteiger partial charge < -0.3 is 5.32 Å². The van der Waals surface area contributed by atoms with Crippen LogP contribution < -0.4 is 10.6 Å². The van der Waals surface area contributed by atoms with Crippen LogP contribution in [0, 0.1) is 6.92 Å². The van der Waals surface area contributed by atoms with Crippen LogP contribution in [0.3, 0.4) is 0 Å². The first kappa shape index (κ1) is 17.2. The molecule has 0 aliphatic heterocycles. The van der Waals surface area contributed by atoms with Crippen molar-refractivity contribution in [1.82, 2.24) is 5.32 Å². The Morgan fingerprint density at radius 1 is 1.00 bits per heavy atom. The normalized spacial score (nSPS) is 11.0. The first-order chi connectivity index (χ1) is 10.8. The van der Waals surface area contributed by atoms with Crippen molar-refractivity contribution in [2.75, 3.05) is 5.32 Å².